The minimum atomic E-state index is -3.24. The number of carboxylic acids is 1. The van der Waals surface area contributed by atoms with E-state index in [0.29, 0.717) is 40.6 Å². The van der Waals surface area contributed by atoms with E-state index in [2.05, 4.69) is 9.97 Å². The second-order valence-corrected chi connectivity index (χ2v) is 11.3. The van der Waals surface area contributed by atoms with Gasteiger partial charge in [0.05, 0.1) is 19.9 Å². The maximum Gasteiger partial charge on any atom is 0.326 e. The standard InChI is InChI=1S/C24H27FN6O6S2/c1-37-19-10-16-13(2-5-27-21(16)26)8-14(19)9-18(23(33)34)30-7-4-17(22(30)32)31(39(35)36)20-11-28-24(38-20)29-6-3-15(25)12-29/h2,5,8,10-11,15,17-18,39H,3-4,6-7,9,12H2,1H3,(H2,26,27)(H,33,34)/t15-,17+,18-/m1/s1. The van der Waals surface area contributed by atoms with Gasteiger partial charge in [-0.2, -0.15) is 0 Å². The van der Waals surface area contributed by atoms with Crippen molar-refractivity contribution in [1.82, 2.24) is 14.9 Å². The molecule has 0 radical (unpaired) electrons. The van der Waals surface area contributed by atoms with Crippen molar-refractivity contribution in [2.24, 2.45) is 0 Å². The van der Waals surface area contributed by atoms with Crippen LogP contribution in [0.4, 0.5) is 20.3 Å². The molecular formula is C24H27FN6O6S2. The van der Waals surface area contributed by atoms with E-state index in [1.54, 1.807) is 29.3 Å². The van der Waals surface area contributed by atoms with Crippen LogP contribution in [-0.4, -0.2) is 85.3 Å². The second-order valence-electron chi connectivity index (χ2n) is 9.37. The maximum atomic E-state index is 13.6. The zero-order valence-corrected chi connectivity index (χ0v) is 22.6. The molecule has 2 saturated heterocycles. The molecule has 3 aromatic rings. The van der Waals surface area contributed by atoms with Crippen LogP contribution in [0.2, 0.25) is 0 Å². The third-order valence-corrected chi connectivity index (χ3v) is 9.10. The summed E-state index contributed by atoms with van der Waals surface area (Å²) in [5.74, 6) is -1.14. The number of likely N-dealkylation sites (tertiary alicyclic amines) is 1. The lowest BCUT2D eigenvalue weighted by atomic mass is 10.00. The van der Waals surface area contributed by atoms with Gasteiger partial charge in [-0.25, -0.2) is 31.9 Å². The average Bonchev–Trinajstić information content (AvgIpc) is 3.63. The van der Waals surface area contributed by atoms with Crippen molar-refractivity contribution in [1.29, 1.82) is 0 Å². The number of benzene rings is 1. The number of aliphatic carboxylic acids is 1. The topological polar surface area (TPSA) is 159 Å². The number of carbonyl (C=O) groups excluding carboxylic acids is 1. The van der Waals surface area contributed by atoms with Gasteiger partial charge < -0.3 is 25.4 Å². The van der Waals surface area contributed by atoms with Crippen LogP contribution in [0.25, 0.3) is 10.8 Å². The number of anilines is 3. The molecule has 3 N–H and O–H groups in total. The Kier molecular flexibility index (Phi) is 7.44. The highest BCUT2D eigenvalue weighted by Gasteiger charge is 2.43. The first-order valence-electron chi connectivity index (χ1n) is 12.2. The molecule has 3 atom stereocenters. The normalized spacial score (nSPS) is 20.2. The number of ether oxygens (including phenoxy) is 1. The van der Waals surface area contributed by atoms with E-state index in [0.717, 1.165) is 21.0 Å². The first kappa shape index (κ1) is 26.9. The minimum Gasteiger partial charge on any atom is -0.496 e. The Morgan fingerprint density at radius 2 is 2.13 bits per heavy atom. The number of aromatic nitrogens is 2. The number of hydrogen-bond acceptors (Lipinski definition) is 10. The number of alkyl halides is 1. The number of nitrogens with zero attached hydrogens (tertiary/aromatic N) is 5. The van der Waals surface area contributed by atoms with Crippen LogP contribution in [0.15, 0.2) is 30.6 Å². The largest absolute Gasteiger partial charge is 0.496 e. The Balaban J connectivity index is 1.40. The monoisotopic (exact) mass is 578 g/mol. The van der Waals surface area contributed by atoms with E-state index < -0.39 is 41.0 Å². The third kappa shape index (κ3) is 5.15. The van der Waals surface area contributed by atoms with E-state index in [-0.39, 0.29) is 30.9 Å². The molecule has 1 amide bonds. The Hall–Kier alpha value is -3.72. The van der Waals surface area contributed by atoms with Gasteiger partial charge in [-0.15, -0.1) is 0 Å². The van der Waals surface area contributed by atoms with Crippen LogP contribution >= 0.6 is 11.3 Å². The number of rotatable bonds is 9. The van der Waals surface area contributed by atoms with Gasteiger partial charge in [0.15, 0.2) is 5.13 Å². The summed E-state index contributed by atoms with van der Waals surface area (Å²) >= 11 is 1.05. The summed E-state index contributed by atoms with van der Waals surface area (Å²) in [7, 11) is -1.79. The molecule has 0 spiro atoms. The number of amides is 1. The summed E-state index contributed by atoms with van der Waals surface area (Å²) in [5.41, 5.74) is 6.52. The molecule has 0 bridgehead atoms. The lowest BCUT2D eigenvalue weighted by molar-refractivity contribution is -0.148. The fourth-order valence-electron chi connectivity index (χ4n) is 5.13. The molecule has 5 rings (SSSR count). The van der Waals surface area contributed by atoms with Crippen molar-refractivity contribution < 1.29 is 32.2 Å². The Morgan fingerprint density at radius 3 is 2.79 bits per heavy atom. The van der Waals surface area contributed by atoms with Crippen LogP contribution in [0, 0.1) is 0 Å². The highest BCUT2D eigenvalue weighted by molar-refractivity contribution is 7.74. The predicted molar refractivity (Wildman–Crippen MR) is 145 cm³/mol. The van der Waals surface area contributed by atoms with Gasteiger partial charge >= 0.3 is 5.97 Å². The van der Waals surface area contributed by atoms with Crippen molar-refractivity contribution in [3.63, 3.8) is 0 Å². The molecule has 12 nitrogen and oxygen atoms in total. The fraction of sp³-hybridized carbons (Fsp3) is 0.417. The molecule has 4 heterocycles. The number of nitrogen functional groups attached to an aromatic ring is 1. The summed E-state index contributed by atoms with van der Waals surface area (Å²) in [5, 5.41) is 12.2. The highest BCUT2D eigenvalue weighted by atomic mass is 32.2. The van der Waals surface area contributed by atoms with Crippen LogP contribution in [0.5, 0.6) is 5.75 Å². The number of thiazole rings is 1. The molecule has 2 aliphatic rings. The van der Waals surface area contributed by atoms with Crippen molar-refractivity contribution in [3.05, 3.63) is 36.2 Å². The first-order valence-corrected chi connectivity index (χ1v) is 14.2. The van der Waals surface area contributed by atoms with Crippen molar-refractivity contribution >= 4 is 60.8 Å². The van der Waals surface area contributed by atoms with E-state index in [1.807, 2.05) is 0 Å². The van der Waals surface area contributed by atoms with E-state index >= 15 is 0 Å². The Bertz CT molecular complexity index is 1490. The number of nitrogens with two attached hydrogens (primary N) is 1. The van der Waals surface area contributed by atoms with Crippen molar-refractivity contribution in [2.45, 2.75) is 37.5 Å². The smallest absolute Gasteiger partial charge is 0.326 e. The number of hydrogen-bond donors (Lipinski definition) is 3. The lowest BCUT2D eigenvalue weighted by Crippen LogP contribution is -2.48. The van der Waals surface area contributed by atoms with Crippen LogP contribution < -0.4 is 19.7 Å². The summed E-state index contributed by atoms with van der Waals surface area (Å²) in [6.45, 7) is 0.692. The summed E-state index contributed by atoms with van der Waals surface area (Å²) in [4.78, 5) is 37.1. The van der Waals surface area contributed by atoms with Gasteiger partial charge in [-0.1, -0.05) is 11.3 Å². The van der Waals surface area contributed by atoms with Crippen molar-refractivity contribution in [3.8, 4) is 5.75 Å². The summed E-state index contributed by atoms with van der Waals surface area (Å²) < 4.78 is 44.7. The SMILES string of the molecule is COc1cc2c(N)nccc2cc1C[C@H](C(=O)O)N1CC[C@H](N(c2cnc(N3CC[C@@H](F)C3)s2)[SH](=O)=O)C1=O. The first-order chi connectivity index (χ1) is 18.7. The Morgan fingerprint density at radius 1 is 1.33 bits per heavy atom. The van der Waals surface area contributed by atoms with Gasteiger partial charge in [0, 0.05) is 31.1 Å². The molecular weight excluding hydrogens is 551 g/mol. The molecule has 208 valence electrons. The van der Waals surface area contributed by atoms with Gasteiger partial charge in [0.25, 0.3) is 0 Å². The van der Waals surface area contributed by atoms with Gasteiger partial charge in [-0.3, -0.25) is 4.79 Å². The second kappa shape index (κ2) is 10.8. The van der Waals surface area contributed by atoms with Crippen LogP contribution in [-0.2, 0) is 26.9 Å². The number of carbonyl (C=O) groups is 2. The molecule has 1 aromatic carbocycles. The maximum absolute atomic E-state index is 13.6. The molecule has 0 aliphatic carbocycles. The summed E-state index contributed by atoms with van der Waals surface area (Å²) in [6.07, 6.45) is 2.32. The molecule has 0 saturated carbocycles. The number of thiol groups is 1. The molecule has 39 heavy (non-hydrogen) atoms. The lowest BCUT2D eigenvalue weighted by Gasteiger charge is -2.27. The van der Waals surface area contributed by atoms with Gasteiger partial charge in [0.1, 0.15) is 34.8 Å². The van der Waals surface area contributed by atoms with Crippen LogP contribution in [0.1, 0.15) is 18.4 Å². The molecule has 0 unspecified atom stereocenters. The van der Waals surface area contributed by atoms with E-state index in [1.165, 1.54) is 18.2 Å². The number of halogens is 1. The quantitative estimate of drug-likeness (QED) is 0.317. The highest BCUT2D eigenvalue weighted by Crippen LogP contribution is 2.36. The van der Waals surface area contributed by atoms with Crippen LogP contribution in [0.3, 0.4) is 0 Å². The van der Waals surface area contributed by atoms with Gasteiger partial charge in [0.2, 0.25) is 16.8 Å². The predicted octanol–water partition coefficient (Wildman–Crippen LogP) is 1.46. The Labute approximate surface area is 228 Å². The fourth-order valence-corrected chi connectivity index (χ4v) is 7.02. The molecule has 15 heteroatoms. The molecule has 2 aliphatic heterocycles. The molecule has 2 fully saturated rings. The zero-order chi connectivity index (χ0) is 27.8. The zero-order valence-electron chi connectivity index (χ0n) is 20.9. The third-order valence-electron chi connectivity index (χ3n) is 7.06. The van der Waals surface area contributed by atoms with E-state index in [9.17, 15) is 27.5 Å². The van der Waals surface area contributed by atoms with Crippen molar-refractivity contribution in [2.75, 3.05) is 41.7 Å². The van der Waals surface area contributed by atoms with Gasteiger partial charge in [-0.05, 0) is 42.0 Å². The number of methoxy groups -OCH3 is 1. The van der Waals surface area contributed by atoms with E-state index in [4.69, 9.17) is 10.5 Å². The number of pyridine rings is 1. The summed E-state index contributed by atoms with van der Waals surface area (Å²) in [6, 6.07) is 2.79. The molecule has 2 aromatic heterocycles. The minimum absolute atomic E-state index is 0.0498. The number of fused-ring (bicyclic) bond motifs is 1. The number of carboxylic acid groups (broad SMARTS) is 1. The average molecular weight is 579 g/mol.